The first-order valence-electron chi connectivity index (χ1n) is 4.74. The molecule has 1 rings (SSSR count). The third-order valence-corrected chi connectivity index (χ3v) is 2.21. The predicted octanol–water partition coefficient (Wildman–Crippen LogP) is 0.931. The fraction of sp³-hybridized carbons (Fsp3) is 0.600. The van der Waals surface area contributed by atoms with Gasteiger partial charge in [-0.25, -0.2) is 9.97 Å². The fourth-order valence-corrected chi connectivity index (χ4v) is 1.23. The average Bonchev–Trinajstić information content (AvgIpc) is 2.20. The van der Waals surface area contributed by atoms with Crippen LogP contribution < -0.4 is 10.5 Å². The number of aromatic nitrogens is 2. The van der Waals surface area contributed by atoms with Crippen LogP contribution >= 0.6 is 0 Å². The largest absolute Gasteiger partial charge is 0.467 e. The third kappa shape index (κ3) is 2.67. The minimum atomic E-state index is 0.423. The zero-order valence-electron chi connectivity index (χ0n) is 8.95. The second kappa shape index (κ2) is 4.91. The topological polar surface area (TPSA) is 61.0 Å². The van der Waals surface area contributed by atoms with Crippen molar-refractivity contribution in [2.75, 3.05) is 13.7 Å². The highest BCUT2D eigenvalue weighted by molar-refractivity contribution is 5.18. The van der Waals surface area contributed by atoms with Crippen LogP contribution in [-0.4, -0.2) is 23.6 Å². The number of methoxy groups -OCH3 is 1. The fourth-order valence-electron chi connectivity index (χ4n) is 1.23. The number of nitrogens with two attached hydrogens (primary N) is 1. The standard InChI is InChI=1S/C10H17N3O/c1-7(5-11)4-9-6-12-10(14-3)13-8(9)2/h6-7H,4-5,11H2,1-3H3. The first-order valence-corrected chi connectivity index (χ1v) is 4.74. The van der Waals surface area contributed by atoms with E-state index in [1.54, 1.807) is 7.11 Å². The third-order valence-electron chi connectivity index (χ3n) is 2.21. The Morgan fingerprint density at radius 2 is 2.29 bits per heavy atom. The maximum Gasteiger partial charge on any atom is 0.316 e. The van der Waals surface area contributed by atoms with E-state index >= 15 is 0 Å². The molecule has 0 amide bonds. The first-order chi connectivity index (χ1) is 6.67. The van der Waals surface area contributed by atoms with E-state index in [0.717, 1.165) is 17.7 Å². The molecule has 0 aliphatic carbocycles. The smallest absolute Gasteiger partial charge is 0.316 e. The van der Waals surface area contributed by atoms with E-state index in [-0.39, 0.29) is 0 Å². The van der Waals surface area contributed by atoms with Gasteiger partial charge in [-0.3, -0.25) is 0 Å². The molecule has 0 saturated carbocycles. The summed E-state index contributed by atoms with van der Waals surface area (Å²) in [6.45, 7) is 4.76. The van der Waals surface area contributed by atoms with Crippen LogP contribution in [0.2, 0.25) is 0 Å². The van der Waals surface area contributed by atoms with Crippen molar-refractivity contribution in [1.82, 2.24) is 9.97 Å². The molecule has 0 fully saturated rings. The van der Waals surface area contributed by atoms with Gasteiger partial charge in [0.1, 0.15) is 0 Å². The van der Waals surface area contributed by atoms with Crippen molar-refractivity contribution in [3.05, 3.63) is 17.5 Å². The lowest BCUT2D eigenvalue weighted by atomic mass is 10.0. The Labute approximate surface area is 84.5 Å². The van der Waals surface area contributed by atoms with Crippen molar-refractivity contribution in [3.8, 4) is 6.01 Å². The second-order valence-electron chi connectivity index (χ2n) is 3.51. The Bertz CT molecular complexity index is 301. The zero-order valence-corrected chi connectivity index (χ0v) is 8.95. The van der Waals surface area contributed by atoms with Crippen LogP contribution in [-0.2, 0) is 6.42 Å². The number of hydrogen-bond acceptors (Lipinski definition) is 4. The molecule has 4 nitrogen and oxygen atoms in total. The maximum absolute atomic E-state index is 5.56. The summed E-state index contributed by atoms with van der Waals surface area (Å²) in [5.74, 6) is 0.464. The molecule has 78 valence electrons. The minimum Gasteiger partial charge on any atom is -0.467 e. The van der Waals surface area contributed by atoms with E-state index in [1.807, 2.05) is 13.1 Å². The van der Waals surface area contributed by atoms with Crippen LogP contribution in [0, 0.1) is 12.8 Å². The van der Waals surface area contributed by atoms with Crippen molar-refractivity contribution in [3.63, 3.8) is 0 Å². The van der Waals surface area contributed by atoms with Crippen molar-refractivity contribution in [2.24, 2.45) is 11.7 Å². The van der Waals surface area contributed by atoms with Gasteiger partial charge in [0.05, 0.1) is 7.11 Å². The molecule has 0 spiro atoms. The molecule has 1 aromatic heterocycles. The van der Waals surface area contributed by atoms with Gasteiger partial charge in [-0.2, -0.15) is 0 Å². The molecule has 0 aliphatic heterocycles. The van der Waals surface area contributed by atoms with Crippen molar-refractivity contribution < 1.29 is 4.74 Å². The monoisotopic (exact) mass is 195 g/mol. The van der Waals surface area contributed by atoms with Gasteiger partial charge in [-0.15, -0.1) is 0 Å². The molecule has 0 saturated heterocycles. The summed E-state index contributed by atoms with van der Waals surface area (Å²) in [6.07, 6.45) is 2.74. The molecule has 0 aromatic carbocycles. The summed E-state index contributed by atoms with van der Waals surface area (Å²) in [6, 6.07) is 0.423. The molecular formula is C10H17N3O. The summed E-state index contributed by atoms with van der Waals surface area (Å²) < 4.78 is 4.93. The molecule has 4 heteroatoms. The number of aryl methyl sites for hydroxylation is 1. The van der Waals surface area contributed by atoms with E-state index in [4.69, 9.17) is 10.5 Å². The van der Waals surface area contributed by atoms with Gasteiger partial charge in [0.25, 0.3) is 0 Å². The van der Waals surface area contributed by atoms with Gasteiger partial charge in [-0.1, -0.05) is 6.92 Å². The van der Waals surface area contributed by atoms with E-state index in [2.05, 4.69) is 16.9 Å². The van der Waals surface area contributed by atoms with E-state index in [1.165, 1.54) is 0 Å². The molecule has 1 atom stereocenters. The molecule has 2 N–H and O–H groups in total. The number of hydrogen-bond donors (Lipinski definition) is 1. The van der Waals surface area contributed by atoms with Crippen molar-refractivity contribution >= 4 is 0 Å². The maximum atomic E-state index is 5.56. The van der Waals surface area contributed by atoms with Crippen LogP contribution in [0.15, 0.2) is 6.20 Å². The van der Waals surface area contributed by atoms with E-state index in [9.17, 15) is 0 Å². The quantitative estimate of drug-likeness (QED) is 0.776. The van der Waals surface area contributed by atoms with Crippen LogP contribution in [0.5, 0.6) is 6.01 Å². The molecule has 1 unspecified atom stereocenters. The Balaban J connectivity index is 2.78. The summed E-state index contributed by atoms with van der Waals surface area (Å²) in [4.78, 5) is 8.28. The molecule has 0 aliphatic rings. The minimum absolute atomic E-state index is 0.423. The average molecular weight is 195 g/mol. The number of nitrogens with zero attached hydrogens (tertiary/aromatic N) is 2. The molecule has 14 heavy (non-hydrogen) atoms. The van der Waals surface area contributed by atoms with Gasteiger partial charge < -0.3 is 10.5 Å². The number of ether oxygens (including phenoxy) is 1. The zero-order chi connectivity index (χ0) is 10.6. The molecular weight excluding hydrogens is 178 g/mol. The van der Waals surface area contributed by atoms with Gasteiger partial charge in [-0.05, 0) is 31.4 Å². The van der Waals surface area contributed by atoms with E-state index in [0.29, 0.717) is 18.5 Å². The Hall–Kier alpha value is -1.16. The van der Waals surface area contributed by atoms with Gasteiger partial charge in [0.15, 0.2) is 0 Å². The highest BCUT2D eigenvalue weighted by Crippen LogP contribution is 2.12. The van der Waals surface area contributed by atoms with E-state index < -0.39 is 0 Å². The summed E-state index contributed by atoms with van der Waals surface area (Å²) in [5, 5.41) is 0. The lowest BCUT2D eigenvalue weighted by Crippen LogP contribution is -2.14. The second-order valence-corrected chi connectivity index (χ2v) is 3.51. The Morgan fingerprint density at radius 1 is 1.57 bits per heavy atom. The summed E-state index contributed by atoms with van der Waals surface area (Å²) in [7, 11) is 1.57. The van der Waals surface area contributed by atoms with Gasteiger partial charge in [0.2, 0.25) is 0 Å². The number of rotatable bonds is 4. The van der Waals surface area contributed by atoms with Crippen molar-refractivity contribution in [1.29, 1.82) is 0 Å². The van der Waals surface area contributed by atoms with Gasteiger partial charge >= 0.3 is 6.01 Å². The van der Waals surface area contributed by atoms with Crippen LogP contribution in [0.25, 0.3) is 0 Å². The molecule has 1 heterocycles. The Kier molecular flexibility index (Phi) is 3.83. The lowest BCUT2D eigenvalue weighted by Gasteiger charge is -2.10. The molecule has 1 aromatic rings. The van der Waals surface area contributed by atoms with Crippen LogP contribution in [0.1, 0.15) is 18.2 Å². The highest BCUT2D eigenvalue weighted by atomic mass is 16.5. The van der Waals surface area contributed by atoms with Crippen LogP contribution in [0.3, 0.4) is 0 Å². The lowest BCUT2D eigenvalue weighted by molar-refractivity contribution is 0.377. The normalized spacial score (nSPS) is 12.6. The highest BCUT2D eigenvalue weighted by Gasteiger charge is 2.06. The first kappa shape index (κ1) is 10.9. The van der Waals surface area contributed by atoms with Crippen LogP contribution in [0.4, 0.5) is 0 Å². The van der Waals surface area contributed by atoms with Crippen molar-refractivity contribution in [2.45, 2.75) is 20.3 Å². The summed E-state index contributed by atoms with van der Waals surface area (Å²) >= 11 is 0. The Morgan fingerprint density at radius 3 is 2.79 bits per heavy atom. The molecule has 0 bridgehead atoms. The molecule has 0 radical (unpaired) electrons. The predicted molar refractivity (Wildman–Crippen MR) is 55.2 cm³/mol. The summed E-state index contributed by atoms with van der Waals surface area (Å²) in [5.41, 5.74) is 7.67. The van der Waals surface area contributed by atoms with Gasteiger partial charge in [0, 0.05) is 11.9 Å². The SMILES string of the molecule is COc1ncc(CC(C)CN)c(C)n1.